The smallest absolute Gasteiger partial charge is 0.0169 e. The van der Waals surface area contributed by atoms with E-state index >= 15 is 0 Å². The lowest BCUT2D eigenvalue weighted by atomic mass is 9.90. The normalized spacial score (nSPS) is 20.7. The Morgan fingerprint density at radius 3 is 2.23 bits per heavy atom. The molecule has 0 amide bonds. The van der Waals surface area contributed by atoms with Crippen LogP contribution in [0.4, 0.5) is 0 Å². The van der Waals surface area contributed by atoms with Crippen molar-refractivity contribution in [1.29, 1.82) is 0 Å². The zero-order chi connectivity index (χ0) is 18.0. The Bertz CT molecular complexity index is 642. The molecule has 1 aliphatic carbocycles. The molecule has 2 heteroatoms. The predicted molar refractivity (Wildman–Crippen MR) is 112 cm³/mol. The van der Waals surface area contributed by atoms with E-state index in [1.54, 1.807) is 0 Å². The fraction of sp³-hybridized carbons (Fsp3) is 0.417. The van der Waals surface area contributed by atoms with E-state index in [4.69, 9.17) is 5.73 Å². The lowest BCUT2D eigenvalue weighted by molar-refractivity contribution is 0.163. The molecule has 0 radical (unpaired) electrons. The maximum absolute atomic E-state index is 6.12. The Hall–Kier alpha value is -1.90. The largest absolute Gasteiger partial charge is 0.328 e. The van der Waals surface area contributed by atoms with Crippen molar-refractivity contribution in [3.63, 3.8) is 0 Å². The highest BCUT2D eigenvalue weighted by atomic mass is 15.1. The summed E-state index contributed by atoms with van der Waals surface area (Å²) in [6, 6.07) is 22.5. The summed E-state index contributed by atoms with van der Waals surface area (Å²) < 4.78 is 0. The minimum atomic E-state index is 0.414. The Labute approximate surface area is 158 Å². The van der Waals surface area contributed by atoms with Crippen LogP contribution in [0.15, 0.2) is 66.7 Å². The second-order valence-electron chi connectivity index (χ2n) is 7.47. The maximum Gasteiger partial charge on any atom is 0.0169 e. The van der Waals surface area contributed by atoms with Gasteiger partial charge in [0.25, 0.3) is 0 Å². The molecule has 26 heavy (non-hydrogen) atoms. The van der Waals surface area contributed by atoms with Crippen LogP contribution in [0.1, 0.15) is 43.2 Å². The summed E-state index contributed by atoms with van der Waals surface area (Å²) in [4.78, 5) is 2.67. The second kappa shape index (κ2) is 10.3. The highest BCUT2D eigenvalue weighted by molar-refractivity contribution is 5.48. The fourth-order valence-corrected chi connectivity index (χ4v) is 3.91. The molecule has 1 aliphatic rings. The molecule has 1 saturated carbocycles. The van der Waals surface area contributed by atoms with Crippen LogP contribution in [0, 0.1) is 0 Å². The summed E-state index contributed by atoms with van der Waals surface area (Å²) in [5.41, 5.74) is 8.84. The molecule has 2 N–H and O–H groups in total. The molecule has 0 atom stereocenters. The Balaban J connectivity index is 1.55. The van der Waals surface area contributed by atoms with E-state index in [9.17, 15) is 0 Å². The average molecular weight is 349 g/mol. The molecule has 0 aromatic heterocycles. The molecule has 2 aromatic rings. The second-order valence-corrected chi connectivity index (χ2v) is 7.47. The van der Waals surface area contributed by atoms with E-state index < -0.39 is 0 Å². The predicted octanol–water partition coefficient (Wildman–Crippen LogP) is 4.90. The summed E-state index contributed by atoms with van der Waals surface area (Å²) in [6.45, 7) is 2.19. The van der Waals surface area contributed by atoms with Gasteiger partial charge in [0.1, 0.15) is 0 Å². The van der Waals surface area contributed by atoms with Crippen molar-refractivity contribution in [3.05, 3.63) is 77.9 Å². The van der Waals surface area contributed by atoms with Crippen molar-refractivity contribution in [2.24, 2.45) is 5.73 Å². The minimum Gasteiger partial charge on any atom is -0.328 e. The maximum atomic E-state index is 6.12. The van der Waals surface area contributed by atoms with E-state index in [1.165, 1.54) is 43.2 Å². The van der Waals surface area contributed by atoms with Crippen molar-refractivity contribution in [2.75, 3.05) is 13.1 Å². The van der Waals surface area contributed by atoms with Crippen LogP contribution in [-0.4, -0.2) is 30.1 Å². The molecule has 0 heterocycles. The lowest BCUT2D eigenvalue weighted by Crippen LogP contribution is -2.41. The summed E-state index contributed by atoms with van der Waals surface area (Å²) in [6.07, 6.45) is 11.8. The lowest BCUT2D eigenvalue weighted by Gasteiger charge is -2.35. The van der Waals surface area contributed by atoms with Gasteiger partial charge in [-0.25, -0.2) is 0 Å². The number of benzene rings is 2. The number of hydrogen-bond donors (Lipinski definition) is 1. The van der Waals surface area contributed by atoms with Gasteiger partial charge in [-0.3, -0.25) is 4.90 Å². The van der Waals surface area contributed by atoms with Crippen LogP contribution in [0.3, 0.4) is 0 Å². The molecule has 0 aliphatic heterocycles. The molecule has 0 unspecified atom stereocenters. The molecule has 0 bridgehead atoms. The Kier molecular flexibility index (Phi) is 7.48. The topological polar surface area (TPSA) is 29.3 Å². The number of hydrogen-bond acceptors (Lipinski definition) is 2. The SMILES string of the molecule is NC1CCC(N(CC=Cc2ccccc2)CCCc2ccccc2)CC1. The van der Waals surface area contributed by atoms with Gasteiger partial charge in [-0.2, -0.15) is 0 Å². The first-order chi connectivity index (χ1) is 12.8. The van der Waals surface area contributed by atoms with Crippen LogP contribution in [0.5, 0.6) is 0 Å². The number of nitrogens with two attached hydrogens (primary N) is 1. The zero-order valence-corrected chi connectivity index (χ0v) is 15.8. The monoisotopic (exact) mass is 348 g/mol. The van der Waals surface area contributed by atoms with E-state index in [0.29, 0.717) is 12.1 Å². The van der Waals surface area contributed by atoms with Crippen molar-refractivity contribution in [1.82, 2.24) is 4.90 Å². The summed E-state index contributed by atoms with van der Waals surface area (Å²) in [5, 5.41) is 0. The van der Waals surface area contributed by atoms with Gasteiger partial charge in [-0.15, -0.1) is 0 Å². The van der Waals surface area contributed by atoms with Gasteiger partial charge < -0.3 is 5.73 Å². The standard InChI is InChI=1S/C24H32N2/c25-23-15-17-24(18-16-23)26(19-7-13-21-9-3-1-4-10-21)20-8-14-22-11-5-2-6-12-22/h1-7,9-13,23-24H,8,14-20,25H2. The van der Waals surface area contributed by atoms with Gasteiger partial charge in [0.15, 0.2) is 0 Å². The zero-order valence-electron chi connectivity index (χ0n) is 15.8. The molecule has 3 rings (SSSR count). The van der Waals surface area contributed by atoms with Gasteiger partial charge in [-0.1, -0.05) is 72.8 Å². The molecule has 138 valence electrons. The van der Waals surface area contributed by atoms with Crippen molar-refractivity contribution < 1.29 is 0 Å². The summed E-state index contributed by atoms with van der Waals surface area (Å²) in [7, 11) is 0. The van der Waals surface area contributed by atoms with Crippen LogP contribution < -0.4 is 5.73 Å². The highest BCUT2D eigenvalue weighted by Gasteiger charge is 2.23. The minimum absolute atomic E-state index is 0.414. The van der Waals surface area contributed by atoms with Crippen molar-refractivity contribution in [3.8, 4) is 0 Å². The molecule has 2 aromatic carbocycles. The number of rotatable bonds is 8. The third kappa shape index (κ3) is 6.12. The first-order valence-corrected chi connectivity index (χ1v) is 10.1. The van der Waals surface area contributed by atoms with Gasteiger partial charge in [0.05, 0.1) is 0 Å². The van der Waals surface area contributed by atoms with Gasteiger partial charge in [0.2, 0.25) is 0 Å². The molecular weight excluding hydrogens is 316 g/mol. The molecular formula is C24H32N2. The first-order valence-electron chi connectivity index (χ1n) is 10.1. The first kappa shape index (κ1) is 18.9. The summed E-state index contributed by atoms with van der Waals surface area (Å²) >= 11 is 0. The van der Waals surface area contributed by atoms with E-state index in [1.807, 2.05) is 0 Å². The van der Waals surface area contributed by atoms with E-state index in [2.05, 4.69) is 77.7 Å². The molecule has 1 fully saturated rings. The van der Waals surface area contributed by atoms with Crippen molar-refractivity contribution in [2.45, 2.75) is 50.6 Å². The Morgan fingerprint density at radius 2 is 1.54 bits per heavy atom. The van der Waals surface area contributed by atoms with Crippen LogP contribution >= 0.6 is 0 Å². The highest BCUT2D eigenvalue weighted by Crippen LogP contribution is 2.22. The Morgan fingerprint density at radius 1 is 0.885 bits per heavy atom. The average Bonchev–Trinajstić information content (AvgIpc) is 2.69. The van der Waals surface area contributed by atoms with Crippen LogP contribution in [0.25, 0.3) is 6.08 Å². The van der Waals surface area contributed by atoms with E-state index in [0.717, 1.165) is 19.5 Å². The third-order valence-corrected chi connectivity index (χ3v) is 5.46. The number of nitrogens with zero attached hydrogens (tertiary/aromatic N) is 1. The number of aryl methyl sites for hydroxylation is 1. The summed E-state index contributed by atoms with van der Waals surface area (Å²) in [5.74, 6) is 0. The van der Waals surface area contributed by atoms with Crippen LogP contribution in [-0.2, 0) is 6.42 Å². The van der Waals surface area contributed by atoms with Crippen LogP contribution in [0.2, 0.25) is 0 Å². The molecule has 0 spiro atoms. The van der Waals surface area contributed by atoms with E-state index in [-0.39, 0.29) is 0 Å². The molecule has 2 nitrogen and oxygen atoms in total. The van der Waals surface area contributed by atoms with Gasteiger partial charge >= 0.3 is 0 Å². The van der Waals surface area contributed by atoms with Gasteiger partial charge in [0, 0.05) is 18.6 Å². The van der Waals surface area contributed by atoms with Gasteiger partial charge in [-0.05, 0) is 56.2 Å². The fourth-order valence-electron chi connectivity index (χ4n) is 3.91. The molecule has 0 saturated heterocycles. The van der Waals surface area contributed by atoms with Crippen molar-refractivity contribution >= 4 is 6.08 Å². The quantitative estimate of drug-likeness (QED) is 0.735. The third-order valence-electron chi connectivity index (χ3n) is 5.46.